The van der Waals surface area contributed by atoms with Crippen molar-refractivity contribution < 1.29 is 22.4 Å². The second-order valence-electron chi connectivity index (χ2n) is 5.74. The number of hydrogen-bond acceptors (Lipinski definition) is 8. The van der Waals surface area contributed by atoms with Crippen molar-refractivity contribution in [2.24, 2.45) is 0 Å². The monoisotopic (exact) mass is 419 g/mol. The number of carbonyl (C=O) groups is 1. The predicted octanol–water partition coefficient (Wildman–Crippen LogP) is 3.09. The number of sulfonamides is 1. The Labute approximate surface area is 166 Å². The molecule has 0 spiro atoms. The quantitative estimate of drug-likeness (QED) is 0.438. The van der Waals surface area contributed by atoms with Crippen LogP contribution in [0.5, 0.6) is 5.75 Å². The van der Waals surface area contributed by atoms with Crippen molar-refractivity contribution in [2.45, 2.75) is 5.22 Å². The van der Waals surface area contributed by atoms with Crippen molar-refractivity contribution in [3.63, 3.8) is 0 Å². The summed E-state index contributed by atoms with van der Waals surface area (Å²) in [7, 11) is -1.80. The third-order valence-corrected chi connectivity index (χ3v) is 5.01. The van der Waals surface area contributed by atoms with E-state index < -0.39 is 10.0 Å². The molecule has 1 aromatic heterocycles. The first-order valence-corrected chi connectivity index (χ1v) is 10.9. The Kier molecular flexibility index (Phi) is 6.00. The molecule has 0 amide bonds. The molecule has 1 heterocycles. The molecule has 0 radical (unpaired) electrons. The van der Waals surface area contributed by atoms with Gasteiger partial charge < -0.3 is 9.15 Å². The zero-order valence-electron chi connectivity index (χ0n) is 15.1. The Bertz CT molecular complexity index is 1080. The number of carbonyl (C=O) groups excluding carboxylic acids is 1. The number of nitrogens with zero attached hydrogens (tertiary/aromatic N) is 2. The maximum atomic E-state index is 12.3. The number of nitrogens with one attached hydrogen (secondary N) is 1. The van der Waals surface area contributed by atoms with Crippen molar-refractivity contribution in [3.8, 4) is 17.2 Å². The number of Topliss-reactive ketones (excluding diaryl/α,β-unsaturated/α-hetero) is 1. The van der Waals surface area contributed by atoms with Crippen LogP contribution in [-0.4, -0.2) is 43.5 Å². The maximum absolute atomic E-state index is 12.3. The number of anilines is 1. The number of ketones is 1. The van der Waals surface area contributed by atoms with Gasteiger partial charge >= 0.3 is 0 Å². The standard InChI is InChI=1S/C18H17N3O5S2/c1-25-16-6-4-3-5-14(16)17-19-20-18(26-17)27-11-15(22)12-7-9-13(10-8-12)21-28(2,23)24/h3-10,21H,11H2,1-2H3. The number of hydrogen-bond donors (Lipinski definition) is 1. The van der Waals surface area contributed by atoms with Gasteiger partial charge in [-0.05, 0) is 36.4 Å². The highest BCUT2D eigenvalue weighted by atomic mass is 32.2. The maximum Gasteiger partial charge on any atom is 0.277 e. The van der Waals surface area contributed by atoms with Gasteiger partial charge in [-0.1, -0.05) is 23.9 Å². The third-order valence-electron chi connectivity index (χ3n) is 3.58. The van der Waals surface area contributed by atoms with E-state index in [1.165, 1.54) is 12.1 Å². The molecule has 2 aromatic carbocycles. The van der Waals surface area contributed by atoms with Crippen LogP contribution in [0.4, 0.5) is 5.69 Å². The summed E-state index contributed by atoms with van der Waals surface area (Å²) in [6.45, 7) is 0. The van der Waals surface area contributed by atoms with E-state index >= 15 is 0 Å². The molecule has 0 unspecified atom stereocenters. The fraction of sp³-hybridized carbons (Fsp3) is 0.167. The molecule has 28 heavy (non-hydrogen) atoms. The van der Waals surface area contributed by atoms with Crippen LogP contribution >= 0.6 is 11.8 Å². The van der Waals surface area contributed by atoms with Crippen LogP contribution in [-0.2, 0) is 10.0 Å². The third kappa shape index (κ3) is 5.11. The van der Waals surface area contributed by atoms with Gasteiger partial charge in [-0.25, -0.2) is 8.42 Å². The molecule has 0 fully saturated rings. The van der Waals surface area contributed by atoms with Crippen LogP contribution in [0.15, 0.2) is 58.2 Å². The topological polar surface area (TPSA) is 111 Å². The fourth-order valence-electron chi connectivity index (χ4n) is 2.35. The Hall–Kier alpha value is -2.85. The molecule has 0 saturated heterocycles. The van der Waals surface area contributed by atoms with Crippen LogP contribution in [0.3, 0.4) is 0 Å². The van der Waals surface area contributed by atoms with Crippen molar-refractivity contribution in [3.05, 3.63) is 54.1 Å². The minimum absolute atomic E-state index is 0.104. The van der Waals surface area contributed by atoms with E-state index in [0.29, 0.717) is 28.5 Å². The summed E-state index contributed by atoms with van der Waals surface area (Å²) < 4.78 is 35.6. The van der Waals surface area contributed by atoms with Gasteiger partial charge in [0.05, 0.1) is 24.7 Å². The van der Waals surface area contributed by atoms with Gasteiger partial charge in [0.25, 0.3) is 11.1 Å². The Morgan fingerprint density at radius 1 is 1.14 bits per heavy atom. The summed E-state index contributed by atoms with van der Waals surface area (Å²) in [5, 5.41) is 8.22. The van der Waals surface area contributed by atoms with E-state index in [1.807, 2.05) is 12.1 Å². The number of rotatable bonds is 8. The van der Waals surface area contributed by atoms with E-state index in [0.717, 1.165) is 18.0 Å². The lowest BCUT2D eigenvalue weighted by molar-refractivity contribution is 0.102. The number of aromatic nitrogens is 2. The zero-order chi connectivity index (χ0) is 20.1. The molecule has 3 rings (SSSR count). The van der Waals surface area contributed by atoms with E-state index in [2.05, 4.69) is 14.9 Å². The zero-order valence-corrected chi connectivity index (χ0v) is 16.7. The summed E-state index contributed by atoms with van der Waals surface area (Å²) in [5.74, 6) is 0.880. The van der Waals surface area contributed by atoms with Crippen LogP contribution < -0.4 is 9.46 Å². The van der Waals surface area contributed by atoms with Crippen molar-refractivity contribution in [1.82, 2.24) is 10.2 Å². The van der Waals surface area contributed by atoms with E-state index in [9.17, 15) is 13.2 Å². The van der Waals surface area contributed by atoms with E-state index in [4.69, 9.17) is 9.15 Å². The average molecular weight is 419 g/mol. The van der Waals surface area contributed by atoms with Crippen LogP contribution in [0.2, 0.25) is 0 Å². The molecule has 0 aliphatic carbocycles. The molecule has 0 saturated carbocycles. The summed E-state index contributed by atoms with van der Waals surface area (Å²) in [4.78, 5) is 12.3. The van der Waals surface area contributed by atoms with Gasteiger partial charge in [0, 0.05) is 11.3 Å². The highest BCUT2D eigenvalue weighted by Gasteiger charge is 2.15. The van der Waals surface area contributed by atoms with Gasteiger partial charge in [0.1, 0.15) is 5.75 Å². The average Bonchev–Trinajstić information content (AvgIpc) is 3.14. The summed E-state index contributed by atoms with van der Waals surface area (Å²) in [5.41, 5.74) is 1.52. The summed E-state index contributed by atoms with van der Waals surface area (Å²) in [6, 6.07) is 13.5. The van der Waals surface area contributed by atoms with Crippen molar-refractivity contribution >= 4 is 33.3 Å². The summed E-state index contributed by atoms with van der Waals surface area (Å²) >= 11 is 1.12. The lowest BCUT2D eigenvalue weighted by atomic mass is 10.1. The van der Waals surface area contributed by atoms with Gasteiger partial charge in [-0.3, -0.25) is 9.52 Å². The Morgan fingerprint density at radius 3 is 2.54 bits per heavy atom. The molecular formula is C18H17N3O5S2. The van der Waals surface area contributed by atoms with E-state index in [1.54, 1.807) is 31.4 Å². The van der Waals surface area contributed by atoms with Crippen LogP contribution in [0.1, 0.15) is 10.4 Å². The minimum Gasteiger partial charge on any atom is -0.496 e. The molecule has 3 aromatic rings. The van der Waals surface area contributed by atoms with Gasteiger partial charge in [0.15, 0.2) is 5.78 Å². The first-order valence-electron chi connectivity index (χ1n) is 8.06. The van der Waals surface area contributed by atoms with E-state index in [-0.39, 0.29) is 16.8 Å². The number of ether oxygens (including phenoxy) is 1. The highest BCUT2D eigenvalue weighted by Crippen LogP contribution is 2.30. The van der Waals surface area contributed by atoms with Gasteiger partial charge in [0.2, 0.25) is 10.0 Å². The smallest absolute Gasteiger partial charge is 0.277 e. The first kappa shape index (κ1) is 19.9. The molecule has 0 aliphatic rings. The molecule has 10 heteroatoms. The van der Waals surface area contributed by atoms with Crippen LogP contribution in [0.25, 0.3) is 11.5 Å². The molecule has 1 N–H and O–H groups in total. The molecule has 0 aliphatic heterocycles. The number of methoxy groups -OCH3 is 1. The van der Waals surface area contributed by atoms with Gasteiger partial charge in [-0.15, -0.1) is 10.2 Å². The molecule has 146 valence electrons. The second kappa shape index (κ2) is 8.44. The highest BCUT2D eigenvalue weighted by molar-refractivity contribution is 7.99. The number of thioether (sulfide) groups is 1. The number of para-hydroxylation sites is 1. The lowest BCUT2D eigenvalue weighted by Gasteiger charge is -2.04. The minimum atomic E-state index is -3.36. The fourth-order valence-corrected chi connectivity index (χ4v) is 3.57. The largest absolute Gasteiger partial charge is 0.496 e. The first-order chi connectivity index (χ1) is 13.4. The molecule has 0 atom stereocenters. The normalized spacial score (nSPS) is 11.2. The molecule has 0 bridgehead atoms. The number of benzene rings is 2. The van der Waals surface area contributed by atoms with Crippen molar-refractivity contribution in [1.29, 1.82) is 0 Å². The Balaban J connectivity index is 1.63. The Morgan fingerprint density at radius 2 is 1.86 bits per heavy atom. The molecular weight excluding hydrogens is 402 g/mol. The SMILES string of the molecule is COc1ccccc1-c1nnc(SCC(=O)c2ccc(NS(C)(=O)=O)cc2)o1. The van der Waals surface area contributed by atoms with Crippen molar-refractivity contribution in [2.75, 3.05) is 23.8 Å². The lowest BCUT2D eigenvalue weighted by Crippen LogP contribution is -2.10. The summed E-state index contributed by atoms with van der Waals surface area (Å²) in [6.07, 6.45) is 1.06. The van der Waals surface area contributed by atoms with Crippen LogP contribution in [0, 0.1) is 0 Å². The van der Waals surface area contributed by atoms with Gasteiger partial charge in [-0.2, -0.15) is 0 Å². The molecule has 8 nitrogen and oxygen atoms in total. The predicted molar refractivity (Wildman–Crippen MR) is 106 cm³/mol. The second-order valence-corrected chi connectivity index (χ2v) is 8.41.